The zero-order valence-electron chi connectivity index (χ0n) is 11.5. The highest BCUT2D eigenvalue weighted by atomic mass is 32.1. The van der Waals surface area contributed by atoms with Crippen LogP contribution in [0.4, 0.5) is 11.8 Å². The monoisotopic (exact) mass is 277 g/mol. The smallest absolute Gasteiger partial charge is 0.224 e. The number of thiazole rings is 1. The predicted octanol–water partition coefficient (Wildman–Crippen LogP) is 2.98. The molecule has 0 bridgehead atoms. The van der Waals surface area contributed by atoms with Gasteiger partial charge in [0.1, 0.15) is 10.8 Å². The lowest BCUT2D eigenvalue weighted by Gasteiger charge is -2.08. The summed E-state index contributed by atoms with van der Waals surface area (Å²) in [6.45, 7) is 7.67. The van der Waals surface area contributed by atoms with Gasteiger partial charge in [0, 0.05) is 29.4 Å². The molecular formula is C13H19N5S. The minimum Gasteiger partial charge on any atom is -0.363 e. The Morgan fingerprint density at radius 3 is 2.63 bits per heavy atom. The van der Waals surface area contributed by atoms with Crippen molar-refractivity contribution < 1.29 is 0 Å². The lowest BCUT2D eigenvalue weighted by Crippen LogP contribution is -2.08. The van der Waals surface area contributed by atoms with Crippen LogP contribution < -0.4 is 10.6 Å². The van der Waals surface area contributed by atoms with E-state index < -0.39 is 0 Å². The molecule has 2 heterocycles. The summed E-state index contributed by atoms with van der Waals surface area (Å²) in [5.41, 5.74) is 2.01. The molecule has 0 unspecified atom stereocenters. The average molecular weight is 277 g/mol. The molecule has 102 valence electrons. The van der Waals surface area contributed by atoms with Gasteiger partial charge in [0.2, 0.25) is 5.95 Å². The van der Waals surface area contributed by atoms with Gasteiger partial charge in [-0.1, -0.05) is 6.92 Å². The molecule has 0 aliphatic rings. The van der Waals surface area contributed by atoms with E-state index in [4.69, 9.17) is 0 Å². The van der Waals surface area contributed by atoms with Gasteiger partial charge >= 0.3 is 0 Å². The molecule has 2 rings (SSSR count). The summed E-state index contributed by atoms with van der Waals surface area (Å²) < 4.78 is 0. The standard InChI is InChI=1S/C13H19N5S/c1-4-5-14-13-17-9(2)6-11(18-13)15-7-12-16-10(3)8-19-12/h6,8H,4-5,7H2,1-3H3,(H2,14,15,17,18). The summed E-state index contributed by atoms with van der Waals surface area (Å²) in [6.07, 6.45) is 1.05. The number of anilines is 2. The maximum atomic E-state index is 4.44. The van der Waals surface area contributed by atoms with Crippen molar-refractivity contribution in [2.75, 3.05) is 17.2 Å². The zero-order valence-corrected chi connectivity index (χ0v) is 12.3. The Hall–Kier alpha value is -1.69. The van der Waals surface area contributed by atoms with Crippen molar-refractivity contribution in [3.63, 3.8) is 0 Å². The minimum absolute atomic E-state index is 0.680. The topological polar surface area (TPSA) is 62.7 Å². The second-order valence-corrected chi connectivity index (χ2v) is 5.32. The van der Waals surface area contributed by atoms with Crippen LogP contribution in [0.2, 0.25) is 0 Å². The fourth-order valence-corrected chi connectivity index (χ4v) is 2.34. The minimum atomic E-state index is 0.680. The molecule has 0 aliphatic carbocycles. The highest BCUT2D eigenvalue weighted by Crippen LogP contribution is 2.13. The number of nitrogens with zero attached hydrogens (tertiary/aromatic N) is 3. The number of aryl methyl sites for hydroxylation is 2. The number of aromatic nitrogens is 3. The lowest BCUT2D eigenvalue weighted by atomic mass is 10.4. The molecule has 0 aliphatic heterocycles. The molecule has 2 aromatic rings. The van der Waals surface area contributed by atoms with Crippen LogP contribution in [0.15, 0.2) is 11.4 Å². The van der Waals surface area contributed by atoms with Crippen LogP contribution in [0.25, 0.3) is 0 Å². The third-order valence-electron chi connectivity index (χ3n) is 2.47. The molecule has 19 heavy (non-hydrogen) atoms. The molecule has 0 atom stereocenters. The molecule has 6 heteroatoms. The molecule has 0 fully saturated rings. The van der Waals surface area contributed by atoms with E-state index in [2.05, 4.69) is 37.9 Å². The molecule has 0 amide bonds. The van der Waals surface area contributed by atoms with Crippen molar-refractivity contribution in [1.82, 2.24) is 15.0 Å². The third kappa shape index (κ3) is 4.17. The Labute approximate surface area is 117 Å². The van der Waals surface area contributed by atoms with E-state index in [1.54, 1.807) is 11.3 Å². The van der Waals surface area contributed by atoms with Gasteiger partial charge in [-0.25, -0.2) is 9.97 Å². The van der Waals surface area contributed by atoms with Gasteiger partial charge in [-0.2, -0.15) is 4.98 Å². The van der Waals surface area contributed by atoms with Crippen LogP contribution in [0, 0.1) is 13.8 Å². The summed E-state index contributed by atoms with van der Waals surface area (Å²) in [4.78, 5) is 13.2. The van der Waals surface area contributed by atoms with E-state index in [-0.39, 0.29) is 0 Å². The Kier molecular flexibility index (Phi) is 4.68. The van der Waals surface area contributed by atoms with Crippen LogP contribution in [-0.4, -0.2) is 21.5 Å². The molecular weight excluding hydrogens is 258 g/mol. The fourth-order valence-electron chi connectivity index (χ4n) is 1.63. The van der Waals surface area contributed by atoms with Crippen molar-refractivity contribution in [3.05, 3.63) is 27.8 Å². The zero-order chi connectivity index (χ0) is 13.7. The van der Waals surface area contributed by atoms with Gasteiger partial charge < -0.3 is 10.6 Å². The lowest BCUT2D eigenvalue weighted by molar-refractivity contribution is 0.942. The number of nitrogens with one attached hydrogen (secondary N) is 2. The van der Waals surface area contributed by atoms with Gasteiger partial charge in [0.15, 0.2) is 0 Å². The first-order chi connectivity index (χ1) is 9.17. The Morgan fingerprint density at radius 1 is 1.11 bits per heavy atom. The first kappa shape index (κ1) is 13.7. The molecule has 0 saturated carbocycles. The van der Waals surface area contributed by atoms with Gasteiger partial charge in [0.05, 0.1) is 6.54 Å². The SMILES string of the molecule is CCCNc1nc(C)cc(NCc2nc(C)cs2)n1. The molecule has 0 radical (unpaired) electrons. The second kappa shape index (κ2) is 6.47. The van der Waals surface area contributed by atoms with Crippen LogP contribution in [0.5, 0.6) is 0 Å². The molecule has 5 nitrogen and oxygen atoms in total. The van der Waals surface area contributed by atoms with E-state index in [1.807, 2.05) is 19.9 Å². The molecule has 0 spiro atoms. The van der Waals surface area contributed by atoms with Crippen molar-refractivity contribution in [2.24, 2.45) is 0 Å². The average Bonchev–Trinajstić information content (AvgIpc) is 2.79. The third-order valence-corrected chi connectivity index (χ3v) is 3.44. The van der Waals surface area contributed by atoms with Crippen LogP contribution >= 0.6 is 11.3 Å². The highest BCUT2D eigenvalue weighted by Gasteiger charge is 2.03. The van der Waals surface area contributed by atoms with E-state index in [9.17, 15) is 0 Å². The normalized spacial score (nSPS) is 10.5. The van der Waals surface area contributed by atoms with Crippen molar-refractivity contribution in [3.8, 4) is 0 Å². The summed E-state index contributed by atoms with van der Waals surface area (Å²) in [5.74, 6) is 1.51. The van der Waals surface area contributed by atoms with Crippen LogP contribution in [0.1, 0.15) is 29.7 Å². The number of hydrogen-bond donors (Lipinski definition) is 2. The summed E-state index contributed by atoms with van der Waals surface area (Å²) >= 11 is 1.66. The summed E-state index contributed by atoms with van der Waals surface area (Å²) in [6, 6.07) is 1.94. The predicted molar refractivity (Wildman–Crippen MR) is 79.7 cm³/mol. The largest absolute Gasteiger partial charge is 0.363 e. The Morgan fingerprint density at radius 2 is 1.95 bits per heavy atom. The maximum Gasteiger partial charge on any atom is 0.224 e. The Balaban J connectivity index is 2.01. The molecule has 0 saturated heterocycles. The van der Waals surface area contributed by atoms with Crippen LogP contribution in [0.3, 0.4) is 0 Å². The van der Waals surface area contributed by atoms with Crippen LogP contribution in [-0.2, 0) is 6.54 Å². The quantitative estimate of drug-likeness (QED) is 0.850. The molecule has 0 aromatic carbocycles. The first-order valence-corrected chi connectivity index (χ1v) is 7.29. The van der Waals surface area contributed by atoms with E-state index in [0.29, 0.717) is 12.5 Å². The van der Waals surface area contributed by atoms with E-state index in [1.165, 1.54) is 0 Å². The van der Waals surface area contributed by atoms with Crippen molar-refractivity contribution >= 4 is 23.1 Å². The number of rotatable bonds is 6. The van der Waals surface area contributed by atoms with Gasteiger partial charge in [0.25, 0.3) is 0 Å². The number of hydrogen-bond acceptors (Lipinski definition) is 6. The van der Waals surface area contributed by atoms with Gasteiger partial charge in [-0.05, 0) is 20.3 Å². The Bertz CT molecular complexity index is 538. The first-order valence-electron chi connectivity index (χ1n) is 6.42. The summed E-state index contributed by atoms with van der Waals surface area (Å²) in [5, 5.41) is 9.61. The second-order valence-electron chi connectivity index (χ2n) is 4.38. The molecule has 2 aromatic heterocycles. The van der Waals surface area contributed by atoms with Gasteiger partial charge in [-0.3, -0.25) is 0 Å². The van der Waals surface area contributed by atoms with Crippen molar-refractivity contribution in [2.45, 2.75) is 33.7 Å². The van der Waals surface area contributed by atoms with Crippen molar-refractivity contribution in [1.29, 1.82) is 0 Å². The van der Waals surface area contributed by atoms with Gasteiger partial charge in [-0.15, -0.1) is 11.3 Å². The summed E-state index contributed by atoms with van der Waals surface area (Å²) in [7, 11) is 0. The van der Waals surface area contributed by atoms with E-state index >= 15 is 0 Å². The maximum absolute atomic E-state index is 4.44. The highest BCUT2D eigenvalue weighted by molar-refractivity contribution is 7.09. The molecule has 2 N–H and O–H groups in total. The van der Waals surface area contributed by atoms with E-state index in [0.717, 1.165) is 35.2 Å². The fraction of sp³-hybridized carbons (Fsp3) is 0.462.